The fourth-order valence-electron chi connectivity index (χ4n) is 4.09. The van der Waals surface area contributed by atoms with E-state index in [-0.39, 0.29) is 5.92 Å². The molecule has 2 nitrogen and oxygen atoms in total. The van der Waals surface area contributed by atoms with Crippen LogP contribution in [0.1, 0.15) is 59.3 Å². The van der Waals surface area contributed by atoms with Crippen molar-refractivity contribution >= 4 is 0 Å². The van der Waals surface area contributed by atoms with Gasteiger partial charge in [0.05, 0.1) is 12.0 Å². The van der Waals surface area contributed by atoms with Crippen LogP contribution in [0.2, 0.25) is 0 Å². The van der Waals surface area contributed by atoms with Crippen molar-refractivity contribution < 1.29 is 0 Å². The van der Waals surface area contributed by atoms with Gasteiger partial charge in [-0.25, -0.2) is 0 Å². The second kappa shape index (κ2) is 4.98. The minimum Gasteiger partial charge on any atom is -0.310 e. The van der Waals surface area contributed by atoms with E-state index in [1.54, 1.807) is 0 Å². The first kappa shape index (κ1) is 12.9. The SMILES string of the molecule is CC1CC(NC2CCCC2C#N)CC(C)(C)C1. The molecule has 0 saturated heterocycles. The Morgan fingerprint density at radius 3 is 2.65 bits per heavy atom. The molecule has 0 aromatic rings. The third-order valence-corrected chi connectivity index (χ3v) is 4.52. The predicted octanol–water partition coefficient (Wildman–Crippen LogP) is 3.48. The Balaban J connectivity index is 1.92. The molecule has 2 fully saturated rings. The lowest BCUT2D eigenvalue weighted by Crippen LogP contribution is -2.45. The lowest BCUT2D eigenvalue weighted by Gasteiger charge is -2.40. The average molecular weight is 234 g/mol. The summed E-state index contributed by atoms with van der Waals surface area (Å²) >= 11 is 0. The highest BCUT2D eigenvalue weighted by Gasteiger charge is 2.35. The number of rotatable bonds is 2. The Bertz CT molecular complexity index is 303. The van der Waals surface area contributed by atoms with Gasteiger partial charge in [0.2, 0.25) is 0 Å². The summed E-state index contributed by atoms with van der Waals surface area (Å²) in [6.07, 6.45) is 7.42. The highest BCUT2D eigenvalue weighted by molar-refractivity contribution is 4.99. The largest absolute Gasteiger partial charge is 0.310 e. The van der Waals surface area contributed by atoms with Gasteiger partial charge in [-0.1, -0.05) is 27.2 Å². The molecule has 2 aliphatic carbocycles. The Morgan fingerprint density at radius 1 is 1.24 bits per heavy atom. The van der Waals surface area contributed by atoms with Gasteiger partial charge >= 0.3 is 0 Å². The summed E-state index contributed by atoms with van der Waals surface area (Å²) in [4.78, 5) is 0. The molecule has 0 aromatic carbocycles. The van der Waals surface area contributed by atoms with Crippen LogP contribution in [0.25, 0.3) is 0 Å². The standard InChI is InChI=1S/C15H26N2/c1-11-7-13(9-15(2,3)8-11)17-14-6-4-5-12(14)10-16/h11-14,17H,4-9H2,1-3H3. The molecule has 2 aliphatic rings. The van der Waals surface area contributed by atoms with E-state index in [9.17, 15) is 0 Å². The molecule has 0 radical (unpaired) electrons. The first-order valence-corrected chi connectivity index (χ1v) is 7.16. The van der Waals surface area contributed by atoms with Crippen molar-refractivity contribution in [2.45, 2.75) is 71.4 Å². The zero-order valence-electron chi connectivity index (χ0n) is 11.5. The van der Waals surface area contributed by atoms with Crippen LogP contribution >= 0.6 is 0 Å². The minimum absolute atomic E-state index is 0.260. The van der Waals surface area contributed by atoms with Crippen molar-refractivity contribution in [3.8, 4) is 6.07 Å². The van der Waals surface area contributed by atoms with Crippen LogP contribution < -0.4 is 5.32 Å². The van der Waals surface area contributed by atoms with Crippen molar-refractivity contribution in [2.75, 3.05) is 0 Å². The molecular weight excluding hydrogens is 208 g/mol. The number of hydrogen-bond acceptors (Lipinski definition) is 2. The average Bonchev–Trinajstić information content (AvgIpc) is 2.61. The van der Waals surface area contributed by atoms with Crippen molar-refractivity contribution in [2.24, 2.45) is 17.3 Å². The van der Waals surface area contributed by atoms with E-state index in [1.807, 2.05) is 0 Å². The number of hydrogen-bond donors (Lipinski definition) is 1. The molecule has 4 atom stereocenters. The molecule has 0 heterocycles. The maximum Gasteiger partial charge on any atom is 0.0672 e. The minimum atomic E-state index is 0.260. The smallest absolute Gasteiger partial charge is 0.0672 e. The predicted molar refractivity (Wildman–Crippen MR) is 70.5 cm³/mol. The van der Waals surface area contributed by atoms with Crippen LogP contribution in [0.5, 0.6) is 0 Å². The van der Waals surface area contributed by atoms with Crippen LogP contribution in [-0.2, 0) is 0 Å². The van der Waals surface area contributed by atoms with Crippen LogP contribution in [0.3, 0.4) is 0 Å². The molecule has 17 heavy (non-hydrogen) atoms. The quantitative estimate of drug-likeness (QED) is 0.794. The molecule has 1 N–H and O–H groups in total. The van der Waals surface area contributed by atoms with E-state index in [0.29, 0.717) is 17.5 Å². The summed E-state index contributed by atoms with van der Waals surface area (Å²) < 4.78 is 0. The molecule has 0 bridgehead atoms. The topological polar surface area (TPSA) is 35.8 Å². The van der Waals surface area contributed by atoms with Gasteiger partial charge < -0.3 is 5.32 Å². The van der Waals surface area contributed by atoms with Gasteiger partial charge in [0.25, 0.3) is 0 Å². The first-order valence-electron chi connectivity index (χ1n) is 7.16. The van der Waals surface area contributed by atoms with E-state index in [2.05, 4.69) is 32.2 Å². The summed E-state index contributed by atoms with van der Waals surface area (Å²) in [7, 11) is 0. The third-order valence-electron chi connectivity index (χ3n) is 4.52. The zero-order valence-corrected chi connectivity index (χ0v) is 11.5. The summed E-state index contributed by atoms with van der Waals surface area (Å²) in [5.74, 6) is 1.08. The van der Waals surface area contributed by atoms with Crippen molar-refractivity contribution in [3.05, 3.63) is 0 Å². The number of nitrogens with zero attached hydrogens (tertiary/aromatic N) is 1. The van der Waals surface area contributed by atoms with Gasteiger partial charge in [0.15, 0.2) is 0 Å². The lowest BCUT2D eigenvalue weighted by atomic mass is 9.70. The van der Waals surface area contributed by atoms with E-state index in [0.717, 1.165) is 12.3 Å². The maximum absolute atomic E-state index is 9.13. The highest BCUT2D eigenvalue weighted by atomic mass is 15.0. The molecule has 0 amide bonds. The third kappa shape index (κ3) is 3.22. The van der Waals surface area contributed by atoms with Gasteiger partial charge in [-0.05, 0) is 43.4 Å². The Labute approximate surface area is 106 Å². The maximum atomic E-state index is 9.13. The molecular formula is C15H26N2. The summed E-state index contributed by atoms with van der Waals surface area (Å²) in [6, 6.07) is 3.57. The van der Waals surface area contributed by atoms with E-state index < -0.39 is 0 Å². The van der Waals surface area contributed by atoms with Crippen LogP contribution in [-0.4, -0.2) is 12.1 Å². The Kier molecular flexibility index (Phi) is 3.78. The van der Waals surface area contributed by atoms with Crippen LogP contribution in [0, 0.1) is 28.6 Å². The number of nitrogens with one attached hydrogen (secondary N) is 1. The van der Waals surface area contributed by atoms with Crippen LogP contribution in [0.4, 0.5) is 0 Å². The zero-order chi connectivity index (χ0) is 12.5. The van der Waals surface area contributed by atoms with Crippen molar-refractivity contribution in [1.29, 1.82) is 5.26 Å². The van der Waals surface area contributed by atoms with Gasteiger partial charge in [0.1, 0.15) is 0 Å². The normalized spacial score (nSPS) is 41.1. The molecule has 2 heteroatoms. The fraction of sp³-hybridized carbons (Fsp3) is 0.933. The molecule has 2 saturated carbocycles. The summed E-state index contributed by atoms with van der Waals surface area (Å²) in [5.41, 5.74) is 0.468. The first-order chi connectivity index (χ1) is 8.00. The van der Waals surface area contributed by atoms with E-state index >= 15 is 0 Å². The number of nitriles is 1. The highest BCUT2D eigenvalue weighted by Crippen LogP contribution is 2.39. The molecule has 4 unspecified atom stereocenters. The Morgan fingerprint density at radius 2 is 2.00 bits per heavy atom. The second-order valence-electron chi connectivity index (χ2n) is 7.05. The monoisotopic (exact) mass is 234 g/mol. The molecule has 0 aliphatic heterocycles. The molecule has 2 rings (SSSR count). The van der Waals surface area contributed by atoms with Gasteiger partial charge in [-0.2, -0.15) is 5.26 Å². The fourth-order valence-corrected chi connectivity index (χ4v) is 4.09. The molecule has 0 aromatic heterocycles. The van der Waals surface area contributed by atoms with Gasteiger partial charge in [-0.3, -0.25) is 0 Å². The van der Waals surface area contributed by atoms with Crippen molar-refractivity contribution in [3.63, 3.8) is 0 Å². The lowest BCUT2D eigenvalue weighted by molar-refractivity contribution is 0.142. The van der Waals surface area contributed by atoms with Gasteiger partial charge in [-0.15, -0.1) is 0 Å². The van der Waals surface area contributed by atoms with Crippen LogP contribution in [0.15, 0.2) is 0 Å². The van der Waals surface area contributed by atoms with E-state index in [1.165, 1.54) is 32.1 Å². The molecule has 96 valence electrons. The second-order valence-corrected chi connectivity index (χ2v) is 7.05. The van der Waals surface area contributed by atoms with Gasteiger partial charge in [0, 0.05) is 12.1 Å². The summed E-state index contributed by atoms with van der Waals surface area (Å²) in [5, 5.41) is 12.9. The molecule has 0 spiro atoms. The Hall–Kier alpha value is -0.550. The van der Waals surface area contributed by atoms with E-state index in [4.69, 9.17) is 5.26 Å². The summed E-state index contributed by atoms with van der Waals surface area (Å²) in [6.45, 7) is 7.13. The van der Waals surface area contributed by atoms with Crippen molar-refractivity contribution in [1.82, 2.24) is 5.32 Å².